The molecule has 0 unspecified atom stereocenters. The van der Waals surface area contributed by atoms with Crippen LogP contribution in [0.25, 0.3) is 21.9 Å². The second-order valence-electron chi connectivity index (χ2n) is 8.81. The van der Waals surface area contributed by atoms with Gasteiger partial charge in [-0.1, -0.05) is 55.8 Å². The van der Waals surface area contributed by atoms with E-state index in [1.807, 2.05) is 4.57 Å². The van der Waals surface area contributed by atoms with E-state index in [-0.39, 0.29) is 5.56 Å². The number of benzene rings is 2. The van der Waals surface area contributed by atoms with Gasteiger partial charge in [0.1, 0.15) is 0 Å². The first-order valence-electron chi connectivity index (χ1n) is 11.7. The summed E-state index contributed by atoms with van der Waals surface area (Å²) < 4.78 is 3.43. The molecule has 0 radical (unpaired) electrons. The van der Waals surface area contributed by atoms with Crippen molar-refractivity contribution in [1.82, 2.24) is 24.0 Å². The van der Waals surface area contributed by atoms with Gasteiger partial charge in [0.15, 0.2) is 11.2 Å². The summed E-state index contributed by atoms with van der Waals surface area (Å²) in [6.07, 6.45) is 1.96. The second-order valence-corrected chi connectivity index (χ2v) is 8.81. The van der Waals surface area contributed by atoms with Gasteiger partial charge in [-0.2, -0.15) is 4.98 Å². The highest BCUT2D eigenvalue weighted by molar-refractivity contribution is 5.85. The Hall–Kier alpha value is -3.39. The number of aromatic nitrogens is 4. The Labute approximate surface area is 192 Å². The Bertz CT molecular complexity index is 1400. The molecule has 0 bridgehead atoms. The Morgan fingerprint density at radius 1 is 1.00 bits per heavy atom. The molecule has 1 aliphatic rings. The van der Waals surface area contributed by atoms with Crippen LogP contribution < -0.4 is 16.1 Å². The molecule has 172 valence electrons. The molecule has 1 N–H and O–H groups in total. The third kappa shape index (κ3) is 3.95. The lowest BCUT2D eigenvalue weighted by molar-refractivity contribution is 0.249. The minimum Gasteiger partial charge on any atom is -0.340 e. The number of piperazine rings is 1. The minimum atomic E-state index is -0.431. The van der Waals surface area contributed by atoms with Crippen molar-refractivity contribution in [2.75, 3.05) is 31.1 Å². The lowest BCUT2D eigenvalue weighted by Gasteiger charge is -2.35. The number of H-pyrrole nitrogens is 1. The van der Waals surface area contributed by atoms with Gasteiger partial charge in [0.2, 0.25) is 5.95 Å². The van der Waals surface area contributed by atoms with Crippen LogP contribution in [0.15, 0.2) is 52.1 Å². The Morgan fingerprint density at radius 3 is 2.55 bits per heavy atom. The van der Waals surface area contributed by atoms with Crippen molar-refractivity contribution in [3.05, 3.63) is 68.9 Å². The topological polar surface area (TPSA) is 79.2 Å². The van der Waals surface area contributed by atoms with Gasteiger partial charge in [0.25, 0.3) is 5.56 Å². The highest BCUT2D eigenvalue weighted by Crippen LogP contribution is 2.24. The number of nitrogens with one attached hydrogen (secondary N) is 1. The first-order chi connectivity index (χ1) is 16.1. The van der Waals surface area contributed by atoms with E-state index < -0.39 is 5.69 Å². The molecule has 8 heteroatoms. The van der Waals surface area contributed by atoms with Crippen molar-refractivity contribution in [3.63, 3.8) is 0 Å². The number of anilines is 1. The van der Waals surface area contributed by atoms with Gasteiger partial charge in [-0.3, -0.25) is 19.2 Å². The van der Waals surface area contributed by atoms with Gasteiger partial charge in [0, 0.05) is 46.3 Å². The maximum absolute atomic E-state index is 12.6. The number of hydrogen-bond donors (Lipinski definition) is 1. The monoisotopic (exact) mass is 446 g/mol. The van der Waals surface area contributed by atoms with Crippen LogP contribution >= 0.6 is 0 Å². The Morgan fingerprint density at radius 2 is 1.76 bits per heavy atom. The zero-order valence-corrected chi connectivity index (χ0v) is 19.3. The maximum atomic E-state index is 12.6. The molecule has 3 heterocycles. The average molecular weight is 447 g/mol. The van der Waals surface area contributed by atoms with Gasteiger partial charge in [-0.05, 0) is 22.8 Å². The minimum absolute atomic E-state index is 0.363. The number of imidazole rings is 1. The van der Waals surface area contributed by atoms with E-state index in [0.29, 0.717) is 17.7 Å². The van der Waals surface area contributed by atoms with E-state index in [2.05, 4.69) is 64.2 Å². The molecule has 0 spiro atoms. The molecule has 2 aromatic heterocycles. The van der Waals surface area contributed by atoms with E-state index in [9.17, 15) is 9.59 Å². The van der Waals surface area contributed by atoms with Crippen molar-refractivity contribution < 1.29 is 0 Å². The third-order valence-corrected chi connectivity index (χ3v) is 6.65. The molecule has 1 saturated heterocycles. The van der Waals surface area contributed by atoms with Gasteiger partial charge < -0.3 is 9.47 Å². The standard InChI is InChI=1S/C25H30N6O2/c1-3-4-12-31-21-22(28(2)25(33)27-23(21)32)26-24(31)30-15-13-29(14-16-30)17-19-10-7-9-18-8-5-6-11-20(18)19/h5-11H,3-4,12-17H2,1-2H3,(H,27,32,33). The van der Waals surface area contributed by atoms with Crippen LogP contribution in [0.2, 0.25) is 0 Å². The first kappa shape index (κ1) is 21.5. The van der Waals surface area contributed by atoms with Gasteiger partial charge in [0.05, 0.1) is 0 Å². The molecule has 0 saturated carbocycles. The van der Waals surface area contributed by atoms with E-state index >= 15 is 0 Å². The van der Waals surface area contributed by atoms with E-state index in [1.54, 1.807) is 7.05 Å². The number of hydrogen-bond acceptors (Lipinski definition) is 5. The van der Waals surface area contributed by atoms with Crippen LogP contribution in [-0.2, 0) is 20.1 Å². The zero-order chi connectivity index (χ0) is 22.9. The average Bonchev–Trinajstić information content (AvgIpc) is 3.22. The van der Waals surface area contributed by atoms with Crippen molar-refractivity contribution in [1.29, 1.82) is 0 Å². The van der Waals surface area contributed by atoms with Crippen LogP contribution in [0.4, 0.5) is 5.95 Å². The van der Waals surface area contributed by atoms with E-state index in [1.165, 1.54) is 20.9 Å². The van der Waals surface area contributed by atoms with Crippen molar-refractivity contribution in [2.45, 2.75) is 32.9 Å². The summed E-state index contributed by atoms with van der Waals surface area (Å²) in [6.45, 7) is 7.23. The molecular formula is C25H30N6O2. The number of fused-ring (bicyclic) bond motifs is 2. The number of aryl methyl sites for hydroxylation is 2. The fraction of sp³-hybridized carbons (Fsp3) is 0.400. The predicted molar refractivity (Wildman–Crippen MR) is 132 cm³/mol. The molecule has 1 fully saturated rings. The highest BCUT2D eigenvalue weighted by Gasteiger charge is 2.25. The summed E-state index contributed by atoms with van der Waals surface area (Å²) in [5.74, 6) is 0.787. The molecule has 0 amide bonds. The number of unbranched alkanes of at least 4 members (excludes halogenated alkanes) is 1. The van der Waals surface area contributed by atoms with Crippen molar-refractivity contribution in [3.8, 4) is 0 Å². The van der Waals surface area contributed by atoms with Crippen molar-refractivity contribution >= 4 is 27.9 Å². The number of rotatable bonds is 6. The lowest BCUT2D eigenvalue weighted by Crippen LogP contribution is -2.47. The smallest absolute Gasteiger partial charge is 0.329 e. The number of nitrogens with zero attached hydrogens (tertiary/aromatic N) is 5. The molecule has 33 heavy (non-hydrogen) atoms. The summed E-state index contributed by atoms with van der Waals surface area (Å²) >= 11 is 0. The second kappa shape index (κ2) is 8.86. The Balaban J connectivity index is 1.40. The summed E-state index contributed by atoms with van der Waals surface area (Å²) in [5.41, 5.74) is 1.49. The first-order valence-corrected chi connectivity index (χ1v) is 11.7. The SMILES string of the molecule is CCCCn1c(N2CCN(Cc3cccc4ccccc34)CC2)nc2c1c(=O)[nH]c(=O)n2C. The van der Waals surface area contributed by atoms with Crippen LogP contribution in [0.3, 0.4) is 0 Å². The summed E-state index contributed by atoms with van der Waals surface area (Å²) in [4.78, 5) is 36.7. The molecule has 0 atom stereocenters. The van der Waals surface area contributed by atoms with Gasteiger partial charge >= 0.3 is 5.69 Å². The zero-order valence-electron chi connectivity index (χ0n) is 19.3. The Kier molecular flexibility index (Phi) is 5.76. The van der Waals surface area contributed by atoms with Gasteiger partial charge in [-0.25, -0.2) is 4.79 Å². The normalized spacial score (nSPS) is 15.0. The van der Waals surface area contributed by atoms with Crippen LogP contribution in [0.1, 0.15) is 25.3 Å². The van der Waals surface area contributed by atoms with Crippen LogP contribution in [-0.4, -0.2) is 50.2 Å². The number of aromatic amines is 1. The maximum Gasteiger partial charge on any atom is 0.329 e. The third-order valence-electron chi connectivity index (χ3n) is 6.65. The van der Waals surface area contributed by atoms with E-state index in [4.69, 9.17) is 4.98 Å². The lowest BCUT2D eigenvalue weighted by atomic mass is 10.0. The van der Waals surface area contributed by atoms with Crippen LogP contribution in [0, 0.1) is 0 Å². The molecule has 5 rings (SSSR count). The molecule has 2 aromatic carbocycles. The van der Waals surface area contributed by atoms with Crippen molar-refractivity contribution in [2.24, 2.45) is 7.05 Å². The summed E-state index contributed by atoms with van der Waals surface area (Å²) in [5, 5.41) is 2.58. The molecule has 0 aliphatic carbocycles. The summed E-state index contributed by atoms with van der Waals surface area (Å²) in [6, 6.07) is 15.0. The molecular weight excluding hydrogens is 416 g/mol. The highest BCUT2D eigenvalue weighted by atomic mass is 16.2. The fourth-order valence-corrected chi connectivity index (χ4v) is 4.77. The predicted octanol–water partition coefficient (Wildman–Crippen LogP) is 2.70. The van der Waals surface area contributed by atoms with Gasteiger partial charge in [-0.15, -0.1) is 0 Å². The molecule has 8 nitrogen and oxygen atoms in total. The molecule has 4 aromatic rings. The fourth-order valence-electron chi connectivity index (χ4n) is 4.77. The summed E-state index contributed by atoms with van der Waals surface area (Å²) in [7, 11) is 1.66. The quantitative estimate of drug-likeness (QED) is 0.493. The largest absolute Gasteiger partial charge is 0.340 e. The molecule has 1 aliphatic heterocycles. The van der Waals surface area contributed by atoms with E-state index in [0.717, 1.165) is 51.5 Å². The van der Waals surface area contributed by atoms with Crippen LogP contribution in [0.5, 0.6) is 0 Å².